The fourth-order valence-corrected chi connectivity index (χ4v) is 6.78. The number of aliphatic carboxylic acids is 1. The van der Waals surface area contributed by atoms with E-state index >= 15 is 0 Å². The molecule has 0 aromatic rings. The van der Waals surface area contributed by atoms with Gasteiger partial charge in [-0.2, -0.15) is 0 Å². The first-order chi connectivity index (χ1) is 25.1. The van der Waals surface area contributed by atoms with Gasteiger partial charge in [0.15, 0.2) is 0 Å². The van der Waals surface area contributed by atoms with Crippen LogP contribution in [0.5, 0.6) is 0 Å². The van der Waals surface area contributed by atoms with Crippen LogP contribution in [0.4, 0.5) is 0 Å². The minimum atomic E-state index is -0.700. The molecule has 51 heavy (non-hydrogen) atoms. The molecule has 0 saturated carbocycles. The van der Waals surface area contributed by atoms with E-state index in [1.807, 2.05) is 0 Å². The van der Waals surface area contributed by atoms with E-state index in [2.05, 4.69) is 50.3 Å². The van der Waals surface area contributed by atoms with Crippen LogP contribution in [0, 0.1) is 0 Å². The van der Waals surface area contributed by atoms with Gasteiger partial charge < -0.3 is 9.84 Å². The standard InChI is InChI=1S/C47H86O4/c1-3-5-7-9-11-13-15-17-19-20-21-22-23-25-27-29-31-36-40-44-47(50)51-45(42-38-34-32-35-39-43-46(48)49)41-37-33-30-28-26-24-18-16-14-12-10-8-6-4-2/h11,13,17,19,21-22,45H,3-10,12,14-16,18,20,23-44H2,1-2H3,(H,48,49)/b13-11-,19-17-,22-21-. The Bertz CT molecular complexity index is 813. The van der Waals surface area contributed by atoms with Gasteiger partial charge in [0.25, 0.3) is 0 Å². The summed E-state index contributed by atoms with van der Waals surface area (Å²) in [5.74, 6) is -0.705. The van der Waals surface area contributed by atoms with Gasteiger partial charge >= 0.3 is 11.9 Å². The molecule has 4 nitrogen and oxygen atoms in total. The Morgan fingerprint density at radius 1 is 0.431 bits per heavy atom. The second-order valence-electron chi connectivity index (χ2n) is 15.2. The Morgan fingerprint density at radius 3 is 1.22 bits per heavy atom. The van der Waals surface area contributed by atoms with Gasteiger partial charge in [-0.05, 0) is 77.0 Å². The maximum Gasteiger partial charge on any atom is 0.306 e. The first kappa shape index (κ1) is 49.2. The monoisotopic (exact) mass is 715 g/mol. The molecule has 1 atom stereocenters. The fourth-order valence-electron chi connectivity index (χ4n) is 6.78. The molecule has 0 amide bonds. The van der Waals surface area contributed by atoms with Crippen molar-refractivity contribution < 1.29 is 19.4 Å². The Balaban J connectivity index is 4.01. The minimum absolute atomic E-state index is 0.00555. The molecule has 0 spiro atoms. The Kier molecular flexibility index (Phi) is 41.0. The Hall–Kier alpha value is -1.84. The highest BCUT2D eigenvalue weighted by Crippen LogP contribution is 2.19. The van der Waals surface area contributed by atoms with Crippen LogP contribution in [0.2, 0.25) is 0 Å². The molecule has 0 rings (SSSR count). The van der Waals surface area contributed by atoms with E-state index in [0.29, 0.717) is 6.42 Å². The van der Waals surface area contributed by atoms with Gasteiger partial charge in [0.2, 0.25) is 0 Å². The maximum absolute atomic E-state index is 12.7. The van der Waals surface area contributed by atoms with Crippen molar-refractivity contribution in [2.24, 2.45) is 0 Å². The number of carboxylic acid groups (broad SMARTS) is 1. The van der Waals surface area contributed by atoms with Crippen molar-refractivity contribution in [3.8, 4) is 0 Å². The van der Waals surface area contributed by atoms with E-state index in [1.165, 1.54) is 141 Å². The van der Waals surface area contributed by atoms with E-state index in [-0.39, 0.29) is 18.5 Å². The number of carboxylic acids is 1. The van der Waals surface area contributed by atoms with Crippen LogP contribution in [0.25, 0.3) is 0 Å². The number of allylic oxidation sites excluding steroid dienone is 6. The molecule has 1 unspecified atom stereocenters. The Labute approximate surface area is 318 Å². The summed E-state index contributed by atoms with van der Waals surface area (Å²) in [6, 6.07) is 0. The van der Waals surface area contributed by atoms with Gasteiger partial charge in [-0.1, -0.05) is 192 Å². The summed E-state index contributed by atoms with van der Waals surface area (Å²) in [4.78, 5) is 23.5. The fraction of sp³-hybridized carbons (Fsp3) is 0.830. The molecular formula is C47H86O4. The third-order valence-electron chi connectivity index (χ3n) is 10.1. The number of carbonyl (C=O) groups excluding carboxylic acids is 1. The molecule has 0 aromatic carbocycles. The number of ether oxygens (including phenoxy) is 1. The lowest BCUT2D eigenvalue weighted by Crippen LogP contribution is -2.18. The molecule has 298 valence electrons. The summed E-state index contributed by atoms with van der Waals surface area (Å²) in [7, 11) is 0. The molecule has 1 N–H and O–H groups in total. The average Bonchev–Trinajstić information content (AvgIpc) is 3.12. The molecule has 0 radical (unpaired) electrons. The first-order valence-electron chi connectivity index (χ1n) is 22.5. The third kappa shape index (κ3) is 42.5. The smallest absolute Gasteiger partial charge is 0.306 e. The minimum Gasteiger partial charge on any atom is -0.481 e. The van der Waals surface area contributed by atoms with Crippen molar-refractivity contribution in [3.05, 3.63) is 36.5 Å². The summed E-state index contributed by atoms with van der Waals surface area (Å²) in [6.45, 7) is 4.53. The van der Waals surface area contributed by atoms with Gasteiger partial charge in [0.05, 0.1) is 0 Å². The number of unbranched alkanes of at least 4 members (excludes halogenated alkanes) is 26. The van der Waals surface area contributed by atoms with Crippen LogP contribution in [0.15, 0.2) is 36.5 Å². The van der Waals surface area contributed by atoms with Crippen molar-refractivity contribution in [1.82, 2.24) is 0 Å². The maximum atomic E-state index is 12.7. The SMILES string of the molecule is CCCCC/C=C\C/C=C\C/C=C\CCCCCCCCC(=O)OC(CCCCCCCCCCCCCCCC)CCCCCCCC(=O)O. The van der Waals surface area contributed by atoms with Gasteiger partial charge in [0.1, 0.15) is 6.10 Å². The third-order valence-corrected chi connectivity index (χ3v) is 10.1. The summed E-state index contributed by atoms with van der Waals surface area (Å²) < 4.78 is 6.03. The molecular weight excluding hydrogens is 629 g/mol. The van der Waals surface area contributed by atoms with Gasteiger partial charge in [-0.3, -0.25) is 9.59 Å². The number of esters is 1. The number of hydrogen-bond acceptors (Lipinski definition) is 3. The van der Waals surface area contributed by atoms with Crippen molar-refractivity contribution in [2.75, 3.05) is 0 Å². The highest BCUT2D eigenvalue weighted by Gasteiger charge is 2.14. The summed E-state index contributed by atoms with van der Waals surface area (Å²) in [5.41, 5.74) is 0. The predicted molar refractivity (Wildman–Crippen MR) is 222 cm³/mol. The highest BCUT2D eigenvalue weighted by atomic mass is 16.5. The largest absolute Gasteiger partial charge is 0.481 e. The second-order valence-corrected chi connectivity index (χ2v) is 15.2. The van der Waals surface area contributed by atoms with E-state index in [4.69, 9.17) is 9.84 Å². The molecule has 0 fully saturated rings. The summed E-state index contributed by atoms with van der Waals surface area (Å²) in [5, 5.41) is 8.85. The summed E-state index contributed by atoms with van der Waals surface area (Å²) >= 11 is 0. The number of rotatable bonds is 41. The Morgan fingerprint density at radius 2 is 0.765 bits per heavy atom. The zero-order chi connectivity index (χ0) is 37.1. The van der Waals surface area contributed by atoms with Crippen LogP contribution in [-0.2, 0) is 14.3 Å². The van der Waals surface area contributed by atoms with Crippen LogP contribution < -0.4 is 0 Å². The zero-order valence-corrected chi connectivity index (χ0v) is 34.2. The normalized spacial score (nSPS) is 12.5. The van der Waals surface area contributed by atoms with Crippen molar-refractivity contribution in [3.63, 3.8) is 0 Å². The van der Waals surface area contributed by atoms with Crippen molar-refractivity contribution in [1.29, 1.82) is 0 Å². The van der Waals surface area contributed by atoms with Crippen LogP contribution in [0.3, 0.4) is 0 Å². The molecule has 0 bridgehead atoms. The number of carbonyl (C=O) groups is 2. The molecule has 0 aromatic heterocycles. The van der Waals surface area contributed by atoms with Crippen molar-refractivity contribution >= 4 is 11.9 Å². The molecule has 0 saturated heterocycles. The first-order valence-corrected chi connectivity index (χ1v) is 22.5. The quantitative estimate of drug-likeness (QED) is 0.0389. The van der Waals surface area contributed by atoms with Crippen LogP contribution in [-0.4, -0.2) is 23.1 Å². The molecule has 4 heteroatoms. The average molecular weight is 715 g/mol. The number of hydrogen-bond donors (Lipinski definition) is 1. The highest BCUT2D eigenvalue weighted by molar-refractivity contribution is 5.69. The van der Waals surface area contributed by atoms with E-state index in [0.717, 1.165) is 77.0 Å². The molecule has 0 heterocycles. The zero-order valence-electron chi connectivity index (χ0n) is 34.2. The van der Waals surface area contributed by atoms with Crippen molar-refractivity contribution in [2.45, 2.75) is 251 Å². The van der Waals surface area contributed by atoms with Gasteiger partial charge in [-0.25, -0.2) is 0 Å². The lowest BCUT2D eigenvalue weighted by Gasteiger charge is -2.18. The lowest BCUT2D eigenvalue weighted by atomic mass is 10.0. The molecule has 0 aliphatic heterocycles. The second kappa shape index (κ2) is 42.6. The van der Waals surface area contributed by atoms with Gasteiger partial charge in [-0.15, -0.1) is 0 Å². The van der Waals surface area contributed by atoms with Crippen LogP contribution in [0.1, 0.15) is 245 Å². The van der Waals surface area contributed by atoms with Gasteiger partial charge in [0, 0.05) is 12.8 Å². The van der Waals surface area contributed by atoms with E-state index < -0.39 is 5.97 Å². The van der Waals surface area contributed by atoms with Crippen LogP contribution >= 0.6 is 0 Å². The lowest BCUT2D eigenvalue weighted by molar-refractivity contribution is -0.150. The summed E-state index contributed by atoms with van der Waals surface area (Å²) in [6.07, 6.45) is 56.0. The topological polar surface area (TPSA) is 63.6 Å². The molecule has 0 aliphatic rings. The van der Waals surface area contributed by atoms with E-state index in [1.54, 1.807) is 0 Å². The molecule has 0 aliphatic carbocycles. The van der Waals surface area contributed by atoms with E-state index in [9.17, 15) is 9.59 Å². The predicted octanol–water partition coefficient (Wildman–Crippen LogP) is 15.7.